The Morgan fingerprint density at radius 2 is 2.12 bits per heavy atom. The highest BCUT2D eigenvalue weighted by Crippen LogP contribution is 2.22. The molecule has 1 heterocycles. The molecule has 0 unspecified atom stereocenters. The Kier molecular flexibility index (Phi) is 2.90. The van der Waals surface area contributed by atoms with Crippen molar-refractivity contribution in [1.29, 1.82) is 0 Å². The highest BCUT2D eigenvalue weighted by atomic mass is 35.5. The lowest BCUT2D eigenvalue weighted by Gasteiger charge is -1.99. The van der Waals surface area contributed by atoms with Crippen molar-refractivity contribution in [3.63, 3.8) is 0 Å². The van der Waals surface area contributed by atoms with Crippen LogP contribution in [0.1, 0.15) is 5.56 Å². The molecule has 0 saturated carbocycles. The summed E-state index contributed by atoms with van der Waals surface area (Å²) in [6.07, 6.45) is 0. The number of aromatic nitrogens is 3. The molecule has 0 aliphatic carbocycles. The second-order valence-corrected chi connectivity index (χ2v) is 5.36. The summed E-state index contributed by atoms with van der Waals surface area (Å²) in [5.74, 6) is 0.232. The molecule has 3 N–H and O–H groups in total. The number of sulfonamides is 1. The van der Waals surface area contributed by atoms with E-state index in [0.717, 1.165) is 5.56 Å². The van der Waals surface area contributed by atoms with Gasteiger partial charge in [0, 0.05) is 10.6 Å². The van der Waals surface area contributed by atoms with E-state index in [0.29, 0.717) is 10.6 Å². The summed E-state index contributed by atoms with van der Waals surface area (Å²) in [5, 5.41) is 11.1. The number of nitrogens with one attached hydrogen (secondary N) is 1. The van der Waals surface area contributed by atoms with Crippen LogP contribution in [0.4, 0.5) is 0 Å². The molecule has 0 bridgehead atoms. The minimum atomic E-state index is -3.87. The van der Waals surface area contributed by atoms with Crippen molar-refractivity contribution in [2.45, 2.75) is 12.1 Å². The third-order valence-corrected chi connectivity index (χ3v) is 3.29. The molecule has 90 valence electrons. The van der Waals surface area contributed by atoms with Crippen molar-refractivity contribution >= 4 is 21.6 Å². The van der Waals surface area contributed by atoms with E-state index in [1.165, 1.54) is 0 Å². The van der Waals surface area contributed by atoms with Gasteiger partial charge in [0.1, 0.15) is 0 Å². The average Bonchev–Trinajstić information content (AvgIpc) is 2.70. The van der Waals surface area contributed by atoms with Gasteiger partial charge in [0.05, 0.1) is 0 Å². The minimum Gasteiger partial charge on any atom is -0.248 e. The maximum Gasteiger partial charge on any atom is 0.273 e. The molecular formula is C9H9ClN4O2S. The summed E-state index contributed by atoms with van der Waals surface area (Å²) in [6, 6.07) is 5.20. The van der Waals surface area contributed by atoms with Crippen LogP contribution >= 0.6 is 11.6 Å². The Bertz CT molecular complexity index is 665. The van der Waals surface area contributed by atoms with Crippen molar-refractivity contribution in [2.75, 3.05) is 0 Å². The maximum atomic E-state index is 11.0. The second-order valence-electron chi connectivity index (χ2n) is 3.47. The molecule has 0 fully saturated rings. The van der Waals surface area contributed by atoms with E-state index in [4.69, 9.17) is 16.7 Å². The van der Waals surface area contributed by atoms with Crippen LogP contribution in [0.3, 0.4) is 0 Å². The van der Waals surface area contributed by atoms with Crippen molar-refractivity contribution in [1.82, 2.24) is 15.2 Å². The maximum absolute atomic E-state index is 11.0. The van der Waals surface area contributed by atoms with Gasteiger partial charge in [0.2, 0.25) is 0 Å². The van der Waals surface area contributed by atoms with Gasteiger partial charge >= 0.3 is 0 Å². The van der Waals surface area contributed by atoms with E-state index in [1.807, 2.05) is 6.92 Å². The van der Waals surface area contributed by atoms with Crippen molar-refractivity contribution in [2.24, 2.45) is 5.14 Å². The van der Waals surface area contributed by atoms with Crippen molar-refractivity contribution in [3.05, 3.63) is 28.8 Å². The third kappa shape index (κ3) is 2.46. The van der Waals surface area contributed by atoms with Gasteiger partial charge in [-0.2, -0.15) is 10.1 Å². The summed E-state index contributed by atoms with van der Waals surface area (Å²) in [6.45, 7) is 1.86. The van der Waals surface area contributed by atoms with Gasteiger partial charge in [-0.05, 0) is 18.6 Å². The first-order valence-electron chi connectivity index (χ1n) is 4.59. The zero-order chi connectivity index (χ0) is 12.6. The number of nitrogens with two attached hydrogens (primary N) is 1. The fourth-order valence-electron chi connectivity index (χ4n) is 1.24. The predicted octanol–water partition coefficient (Wildman–Crippen LogP) is 1.08. The number of primary sulfonamides is 1. The fourth-order valence-corrected chi connectivity index (χ4v) is 1.80. The van der Waals surface area contributed by atoms with Gasteiger partial charge in [0.25, 0.3) is 15.2 Å². The van der Waals surface area contributed by atoms with Gasteiger partial charge in [-0.1, -0.05) is 23.7 Å². The van der Waals surface area contributed by atoms with Gasteiger partial charge in [-0.15, -0.1) is 0 Å². The van der Waals surface area contributed by atoms with Crippen LogP contribution in [0.2, 0.25) is 5.02 Å². The quantitative estimate of drug-likeness (QED) is 0.854. The standard InChI is InChI=1S/C9H9ClN4O2S/c1-5-2-3-6(4-7(5)10)8-12-9(14-13-8)17(11,15)16/h2-4H,1H3,(H2,11,15,16)(H,12,13,14). The number of rotatable bonds is 2. The summed E-state index contributed by atoms with van der Waals surface area (Å²) in [5.41, 5.74) is 1.53. The highest BCUT2D eigenvalue weighted by Gasteiger charge is 2.15. The molecule has 0 aliphatic heterocycles. The number of H-pyrrole nitrogens is 1. The summed E-state index contributed by atoms with van der Waals surface area (Å²) in [4.78, 5) is 3.78. The number of hydrogen-bond donors (Lipinski definition) is 2. The molecule has 8 heteroatoms. The Morgan fingerprint density at radius 1 is 1.41 bits per heavy atom. The summed E-state index contributed by atoms with van der Waals surface area (Å²) in [7, 11) is -3.87. The van der Waals surface area contributed by atoms with Crippen molar-refractivity contribution in [3.8, 4) is 11.4 Å². The van der Waals surface area contributed by atoms with Crippen LogP contribution in [0.25, 0.3) is 11.4 Å². The van der Waals surface area contributed by atoms with Gasteiger partial charge in [0.15, 0.2) is 5.82 Å². The molecule has 0 spiro atoms. The zero-order valence-corrected chi connectivity index (χ0v) is 10.4. The molecule has 6 nitrogen and oxygen atoms in total. The van der Waals surface area contributed by atoms with Crippen LogP contribution < -0.4 is 5.14 Å². The molecule has 1 aromatic carbocycles. The molecule has 0 radical (unpaired) electrons. The number of aryl methyl sites for hydroxylation is 1. The third-order valence-electron chi connectivity index (χ3n) is 2.16. The van der Waals surface area contributed by atoms with E-state index in [2.05, 4.69) is 15.2 Å². The normalized spacial score (nSPS) is 11.7. The molecule has 0 atom stereocenters. The lowest BCUT2D eigenvalue weighted by molar-refractivity contribution is 0.589. The molecule has 0 amide bonds. The highest BCUT2D eigenvalue weighted by molar-refractivity contribution is 7.89. The average molecular weight is 273 g/mol. The lowest BCUT2D eigenvalue weighted by Crippen LogP contribution is -2.13. The topological polar surface area (TPSA) is 102 Å². The zero-order valence-electron chi connectivity index (χ0n) is 8.81. The molecule has 17 heavy (non-hydrogen) atoms. The van der Waals surface area contributed by atoms with Gasteiger partial charge in [-0.3, -0.25) is 0 Å². The summed E-state index contributed by atoms with van der Waals surface area (Å²) < 4.78 is 22.0. The minimum absolute atomic E-state index is 0.232. The molecule has 0 aliphatic rings. The Morgan fingerprint density at radius 3 is 2.65 bits per heavy atom. The molecule has 2 rings (SSSR count). The van der Waals surface area contributed by atoms with E-state index >= 15 is 0 Å². The molecular weight excluding hydrogens is 264 g/mol. The number of halogens is 1. The number of hydrogen-bond acceptors (Lipinski definition) is 4. The Hall–Kier alpha value is -1.44. The fraction of sp³-hybridized carbons (Fsp3) is 0.111. The van der Waals surface area contributed by atoms with Crippen molar-refractivity contribution < 1.29 is 8.42 Å². The van der Waals surface area contributed by atoms with E-state index in [9.17, 15) is 8.42 Å². The Labute approximate surface area is 103 Å². The lowest BCUT2D eigenvalue weighted by atomic mass is 10.1. The molecule has 0 saturated heterocycles. The smallest absolute Gasteiger partial charge is 0.248 e. The predicted molar refractivity (Wildman–Crippen MR) is 62.9 cm³/mol. The monoisotopic (exact) mass is 272 g/mol. The molecule has 1 aromatic heterocycles. The van der Waals surface area contributed by atoms with Crippen LogP contribution in [0.15, 0.2) is 23.4 Å². The largest absolute Gasteiger partial charge is 0.273 e. The Balaban J connectivity index is 2.47. The van der Waals surface area contributed by atoms with E-state index in [-0.39, 0.29) is 11.0 Å². The second kappa shape index (κ2) is 4.10. The van der Waals surface area contributed by atoms with Gasteiger partial charge in [-0.25, -0.2) is 18.7 Å². The molecule has 2 aromatic rings. The van der Waals surface area contributed by atoms with Crippen LogP contribution in [-0.2, 0) is 10.0 Å². The first kappa shape index (κ1) is 12.0. The first-order valence-corrected chi connectivity index (χ1v) is 6.52. The number of aromatic amines is 1. The number of nitrogens with zero attached hydrogens (tertiary/aromatic N) is 2. The first-order chi connectivity index (χ1) is 7.88. The number of benzene rings is 1. The van der Waals surface area contributed by atoms with Crippen LogP contribution in [-0.4, -0.2) is 23.6 Å². The van der Waals surface area contributed by atoms with Crippen LogP contribution in [0.5, 0.6) is 0 Å². The van der Waals surface area contributed by atoms with E-state index < -0.39 is 10.0 Å². The van der Waals surface area contributed by atoms with E-state index in [1.54, 1.807) is 18.2 Å². The summed E-state index contributed by atoms with van der Waals surface area (Å²) >= 11 is 5.95. The van der Waals surface area contributed by atoms with Gasteiger partial charge < -0.3 is 0 Å². The van der Waals surface area contributed by atoms with Crippen LogP contribution in [0, 0.1) is 6.92 Å². The SMILES string of the molecule is Cc1ccc(-c2n[nH]c(S(N)(=O)=O)n2)cc1Cl.